The molecule has 0 fully saturated rings. The zero-order chi connectivity index (χ0) is 18.3. The molecule has 0 saturated heterocycles. The van der Waals surface area contributed by atoms with Crippen LogP contribution in [0, 0.1) is 0 Å². The largest absolute Gasteiger partial charge is 0.296 e. The van der Waals surface area contributed by atoms with E-state index in [4.69, 9.17) is 16.7 Å². The summed E-state index contributed by atoms with van der Waals surface area (Å²) >= 11 is 6.37. The third-order valence-electron chi connectivity index (χ3n) is 4.02. The normalized spacial score (nSPS) is 11.8. The highest BCUT2D eigenvalue weighted by molar-refractivity contribution is 7.89. The van der Waals surface area contributed by atoms with E-state index in [1.54, 1.807) is 36.8 Å². The molecule has 2 aromatic heterocycles. The molecule has 0 aliphatic carbocycles. The number of nitrogens with two attached hydrogens (primary N) is 1. The molecule has 0 unspecified atom stereocenters. The highest BCUT2D eigenvalue weighted by atomic mass is 35.5. The number of hydrogen-bond acceptors (Lipinski definition) is 4. The molecule has 130 valence electrons. The van der Waals surface area contributed by atoms with Crippen molar-refractivity contribution in [1.82, 2.24) is 14.4 Å². The fraction of sp³-hybridized carbons (Fsp3) is 0. The molecule has 0 amide bonds. The van der Waals surface area contributed by atoms with Crippen LogP contribution in [-0.4, -0.2) is 22.8 Å². The Kier molecular flexibility index (Phi) is 3.99. The molecule has 0 spiro atoms. The third kappa shape index (κ3) is 2.86. The number of halogens is 1. The predicted molar refractivity (Wildman–Crippen MR) is 100 cm³/mol. The molecular weight excluding hydrogens is 372 g/mol. The Labute approximate surface area is 155 Å². The van der Waals surface area contributed by atoms with Crippen molar-refractivity contribution in [2.24, 2.45) is 5.14 Å². The summed E-state index contributed by atoms with van der Waals surface area (Å²) in [6.07, 6.45) is 5.11. The maximum atomic E-state index is 11.5. The van der Waals surface area contributed by atoms with Gasteiger partial charge in [0.15, 0.2) is 5.65 Å². The Morgan fingerprint density at radius 3 is 2.46 bits per heavy atom. The van der Waals surface area contributed by atoms with Crippen LogP contribution < -0.4 is 5.14 Å². The lowest BCUT2D eigenvalue weighted by Crippen LogP contribution is -2.11. The monoisotopic (exact) mass is 384 g/mol. The minimum absolute atomic E-state index is 0.0519. The first kappa shape index (κ1) is 16.7. The molecular formula is C18H13ClN4O2S. The van der Waals surface area contributed by atoms with Crippen LogP contribution in [0.25, 0.3) is 28.2 Å². The van der Waals surface area contributed by atoms with Gasteiger partial charge in [0.25, 0.3) is 0 Å². The van der Waals surface area contributed by atoms with Gasteiger partial charge in [0, 0.05) is 23.5 Å². The van der Waals surface area contributed by atoms with E-state index >= 15 is 0 Å². The van der Waals surface area contributed by atoms with E-state index in [1.165, 1.54) is 12.1 Å². The highest BCUT2D eigenvalue weighted by Gasteiger charge is 2.18. The number of fused-ring (bicyclic) bond motifs is 1. The second-order valence-electron chi connectivity index (χ2n) is 5.66. The maximum Gasteiger partial charge on any atom is 0.238 e. The molecule has 4 rings (SSSR count). The van der Waals surface area contributed by atoms with Crippen LogP contribution in [0.2, 0.25) is 5.02 Å². The Morgan fingerprint density at radius 1 is 1.04 bits per heavy atom. The zero-order valence-electron chi connectivity index (χ0n) is 13.4. The topological polar surface area (TPSA) is 90.4 Å². The summed E-state index contributed by atoms with van der Waals surface area (Å²) in [6, 6.07) is 13.8. The summed E-state index contributed by atoms with van der Waals surface area (Å²) < 4.78 is 24.9. The van der Waals surface area contributed by atoms with E-state index in [9.17, 15) is 8.42 Å². The van der Waals surface area contributed by atoms with Gasteiger partial charge >= 0.3 is 0 Å². The van der Waals surface area contributed by atoms with Gasteiger partial charge in [-0.15, -0.1) is 0 Å². The number of imidazole rings is 1. The quantitative estimate of drug-likeness (QED) is 0.586. The lowest BCUT2D eigenvalue weighted by Gasteiger charge is -2.08. The number of hydrogen-bond donors (Lipinski definition) is 1. The van der Waals surface area contributed by atoms with Crippen molar-refractivity contribution in [1.29, 1.82) is 0 Å². The minimum Gasteiger partial charge on any atom is -0.296 e. The zero-order valence-corrected chi connectivity index (χ0v) is 14.9. The van der Waals surface area contributed by atoms with Crippen molar-refractivity contribution in [3.05, 3.63) is 72.1 Å². The van der Waals surface area contributed by atoms with Crippen LogP contribution in [0.4, 0.5) is 0 Å². The Balaban J connectivity index is 2.00. The fourth-order valence-electron chi connectivity index (χ4n) is 2.83. The van der Waals surface area contributed by atoms with Crippen LogP contribution >= 0.6 is 11.6 Å². The van der Waals surface area contributed by atoms with E-state index in [-0.39, 0.29) is 4.90 Å². The van der Waals surface area contributed by atoms with E-state index in [1.807, 2.05) is 22.6 Å². The van der Waals surface area contributed by atoms with Crippen molar-refractivity contribution in [3.63, 3.8) is 0 Å². The second-order valence-corrected chi connectivity index (χ2v) is 7.63. The SMILES string of the molecule is NS(=O)(=O)c1ccc(-c2c(-c3ccccc3Cl)nc3cnccn23)cc1. The van der Waals surface area contributed by atoms with Gasteiger partial charge in [0.1, 0.15) is 0 Å². The van der Waals surface area contributed by atoms with Crippen LogP contribution in [0.1, 0.15) is 0 Å². The van der Waals surface area contributed by atoms with Gasteiger partial charge < -0.3 is 0 Å². The molecule has 8 heteroatoms. The number of rotatable bonds is 3. The second kappa shape index (κ2) is 6.21. The lowest BCUT2D eigenvalue weighted by molar-refractivity contribution is 0.598. The Hall–Kier alpha value is -2.74. The molecule has 2 aromatic carbocycles. The van der Waals surface area contributed by atoms with E-state index < -0.39 is 10.0 Å². The van der Waals surface area contributed by atoms with Gasteiger partial charge in [-0.1, -0.05) is 41.9 Å². The highest BCUT2D eigenvalue weighted by Crippen LogP contribution is 2.36. The van der Waals surface area contributed by atoms with Crippen molar-refractivity contribution >= 4 is 27.3 Å². The Morgan fingerprint density at radius 2 is 1.77 bits per heavy atom. The molecule has 6 nitrogen and oxygen atoms in total. The van der Waals surface area contributed by atoms with Crippen molar-refractivity contribution in [2.75, 3.05) is 0 Å². The molecule has 0 radical (unpaired) electrons. The van der Waals surface area contributed by atoms with Crippen LogP contribution in [0.5, 0.6) is 0 Å². The number of sulfonamides is 1. The predicted octanol–water partition coefficient (Wildman–Crippen LogP) is 3.36. The summed E-state index contributed by atoms with van der Waals surface area (Å²) in [5, 5.41) is 5.76. The number of benzene rings is 2. The first-order valence-electron chi connectivity index (χ1n) is 7.65. The number of primary sulfonamides is 1. The molecule has 0 bridgehead atoms. The van der Waals surface area contributed by atoms with E-state index in [2.05, 4.69) is 9.97 Å². The van der Waals surface area contributed by atoms with Crippen molar-refractivity contribution in [3.8, 4) is 22.5 Å². The van der Waals surface area contributed by atoms with Gasteiger partial charge in [0.05, 0.1) is 27.5 Å². The number of nitrogens with zero attached hydrogens (tertiary/aromatic N) is 3. The minimum atomic E-state index is -3.75. The van der Waals surface area contributed by atoms with Gasteiger partial charge in [-0.25, -0.2) is 18.5 Å². The lowest BCUT2D eigenvalue weighted by atomic mass is 10.0. The van der Waals surface area contributed by atoms with E-state index in [0.717, 1.165) is 16.8 Å². The number of aromatic nitrogens is 3. The van der Waals surface area contributed by atoms with Crippen LogP contribution in [0.3, 0.4) is 0 Å². The average Bonchev–Trinajstić information content (AvgIpc) is 3.00. The molecule has 0 aliphatic heterocycles. The fourth-order valence-corrected chi connectivity index (χ4v) is 3.57. The molecule has 4 aromatic rings. The third-order valence-corrected chi connectivity index (χ3v) is 5.27. The van der Waals surface area contributed by atoms with Gasteiger partial charge in [-0.2, -0.15) is 0 Å². The average molecular weight is 385 g/mol. The molecule has 0 saturated carbocycles. The van der Waals surface area contributed by atoms with Crippen molar-refractivity contribution < 1.29 is 8.42 Å². The first-order chi connectivity index (χ1) is 12.4. The van der Waals surface area contributed by atoms with E-state index in [0.29, 0.717) is 16.4 Å². The molecule has 26 heavy (non-hydrogen) atoms. The molecule has 0 aliphatic rings. The smallest absolute Gasteiger partial charge is 0.238 e. The first-order valence-corrected chi connectivity index (χ1v) is 9.58. The van der Waals surface area contributed by atoms with Gasteiger partial charge in [-0.05, 0) is 18.2 Å². The van der Waals surface area contributed by atoms with Crippen molar-refractivity contribution in [2.45, 2.75) is 4.90 Å². The standard InChI is InChI=1S/C18H13ClN4O2S/c19-15-4-2-1-3-14(15)17-18(23-10-9-21-11-16(23)22-17)12-5-7-13(8-6-12)26(20,24)25/h1-11H,(H2,20,24,25). The summed E-state index contributed by atoms with van der Waals surface area (Å²) in [4.78, 5) is 8.83. The Bertz CT molecular complexity index is 1220. The summed E-state index contributed by atoms with van der Waals surface area (Å²) in [5.41, 5.74) is 3.70. The van der Waals surface area contributed by atoms with Gasteiger partial charge in [-0.3, -0.25) is 9.38 Å². The van der Waals surface area contributed by atoms with Crippen LogP contribution in [-0.2, 0) is 10.0 Å². The molecule has 2 N–H and O–H groups in total. The maximum absolute atomic E-state index is 11.5. The summed E-state index contributed by atoms with van der Waals surface area (Å²) in [5.74, 6) is 0. The summed E-state index contributed by atoms with van der Waals surface area (Å²) in [7, 11) is -3.75. The molecule has 2 heterocycles. The summed E-state index contributed by atoms with van der Waals surface area (Å²) in [6.45, 7) is 0. The molecule has 0 atom stereocenters. The van der Waals surface area contributed by atoms with Crippen LogP contribution in [0.15, 0.2) is 72.0 Å². The van der Waals surface area contributed by atoms with Gasteiger partial charge in [0.2, 0.25) is 10.0 Å².